The molecular formula is C9H20O4Si. The minimum Gasteiger partial charge on any atom is -0.466 e. The first-order valence-corrected chi connectivity index (χ1v) is 7.53. The van der Waals surface area contributed by atoms with Gasteiger partial charge in [0.1, 0.15) is 0 Å². The van der Waals surface area contributed by atoms with Crippen LogP contribution >= 0.6 is 0 Å². The second-order valence-corrected chi connectivity index (χ2v) is 6.18. The summed E-state index contributed by atoms with van der Waals surface area (Å²) in [5, 5.41) is 0. The summed E-state index contributed by atoms with van der Waals surface area (Å²) in [6, 6.07) is 0.266. The van der Waals surface area contributed by atoms with E-state index in [-0.39, 0.29) is 12.0 Å². The van der Waals surface area contributed by atoms with Crippen molar-refractivity contribution < 1.29 is 18.4 Å². The van der Waals surface area contributed by atoms with Gasteiger partial charge in [-0.1, -0.05) is 0 Å². The van der Waals surface area contributed by atoms with E-state index in [2.05, 4.69) is 0 Å². The highest BCUT2D eigenvalue weighted by Crippen LogP contribution is 2.14. The molecule has 0 atom stereocenters. The number of hydrogen-bond acceptors (Lipinski definition) is 4. The largest absolute Gasteiger partial charge is 0.466 e. The van der Waals surface area contributed by atoms with Crippen molar-refractivity contribution >= 4 is 14.5 Å². The second-order valence-electron chi connectivity index (χ2n) is 2.98. The van der Waals surface area contributed by atoms with Crippen LogP contribution in [0.15, 0.2) is 0 Å². The maximum Gasteiger partial charge on any atom is 0.346 e. The first-order chi connectivity index (χ1) is 6.58. The van der Waals surface area contributed by atoms with Crippen molar-refractivity contribution in [2.24, 2.45) is 0 Å². The van der Waals surface area contributed by atoms with Gasteiger partial charge in [-0.15, -0.1) is 0 Å². The summed E-state index contributed by atoms with van der Waals surface area (Å²) in [4.78, 5) is 11.3. The fourth-order valence-electron chi connectivity index (χ4n) is 1.23. The van der Waals surface area contributed by atoms with Gasteiger partial charge in [0.15, 0.2) is 0 Å². The third-order valence-electron chi connectivity index (χ3n) is 1.67. The van der Waals surface area contributed by atoms with Gasteiger partial charge in [0.2, 0.25) is 0 Å². The van der Waals surface area contributed by atoms with Gasteiger partial charge in [0.05, 0.1) is 12.7 Å². The van der Waals surface area contributed by atoms with Crippen molar-refractivity contribution in [2.45, 2.75) is 33.4 Å². The Morgan fingerprint density at radius 2 is 1.57 bits per heavy atom. The molecule has 0 radical (unpaired) electrons. The van der Waals surface area contributed by atoms with Gasteiger partial charge in [-0.05, 0) is 27.3 Å². The summed E-state index contributed by atoms with van der Waals surface area (Å²) >= 11 is 0. The normalized spacial score (nSPS) is 11.4. The van der Waals surface area contributed by atoms with Gasteiger partial charge in [0, 0.05) is 13.2 Å². The number of rotatable bonds is 7. The standard InChI is InChI=1S/C9H20O4Si/c1-5-11-9(10)8-14(4,12-6-2)13-7-3/h5-8H2,1-4H3. The van der Waals surface area contributed by atoms with Crippen LogP contribution in [0.5, 0.6) is 0 Å². The Hall–Kier alpha value is -0.393. The summed E-state index contributed by atoms with van der Waals surface area (Å²) in [6.45, 7) is 9.02. The van der Waals surface area contributed by atoms with Crippen molar-refractivity contribution in [2.75, 3.05) is 19.8 Å². The van der Waals surface area contributed by atoms with Gasteiger partial charge in [0.25, 0.3) is 0 Å². The van der Waals surface area contributed by atoms with Crippen molar-refractivity contribution in [1.82, 2.24) is 0 Å². The molecule has 0 unspecified atom stereocenters. The molecule has 0 aliphatic carbocycles. The molecule has 0 spiro atoms. The minimum atomic E-state index is -2.32. The number of ether oxygens (including phenoxy) is 1. The highest BCUT2D eigenvalue weighted by Gasteiger charge is 2.34. The molecule has 0 aromatic carbocycles. The fourth-order valence-corrected chi connectivity index (χ4v) is 3.36. The maximum atomic E-state index is 11.3. The number of esters is 1. The third kappa shape index (κ3) is 5.36. The molecule has 0 amide bonds. The van der Waals surface area contributed by atoms with E-state index in [4.69, 9.17) is 13.6 Å². The lowest BCUT2D eigenvalue weighted by atomic mass is 10.8. The van der Waals surface area contributed by atoms with Crippen LogP contribution in [-0.2, 0) is 18.4 Å². The van der Waals surface area contributed by atoms with Crippen molar-refractivity contribution in [3.63, 3.8) is 0 Å². The zero-order chi connectivity index (χ0) is 11.0. The third-order valence-corrected chi connectivity index (χ3v) is 4.40. The Kier molecular flexibility index (Phi) is 6.78. The smallest absolute Gasteiger partial charge is 0.346 e. The molecule has 14 heavy (non-hydrogen) atoms. The van der Waals surface area contributed by atoms with Gasteiger partial charge in [-0.25, -0.2) is 0 Å². The average Bonchev–Trinajstić information content (AvgIpc) is 2.04. The van der Waals surface area contributed by atoms with E-state index >= 15 is 0 Å². The van der Waals surface area contributed by atoms with Crippen LogP contribution < -0.4 is 0 Å². The summed E-state index contributed by atoms with van der Waals surface area (Å²) in [5.41, 5.74) is 0. The molecule has 0 aromatic rings. The lowest BCUT2D eigenvalue weighted by Gasteiger charge is -2.24. The summed E-state index contributed by atoms with van der Waals surface area (Å²) in [7, 11) is -2.32. The molecule has 0 heterocycles. The molecule has 5 heteroatoms. The van der Waals surface area contributed by atoms with Crippen molar-refractivity contribution in [3.8, 4) is 0 Å². The molecular weight excluding hydrogens is 200 g/mol. The van der Waals surface area contributed by atoms with Gasteiger partial charge in [-0.3, -0.25) is 4.79 Å². The van der Waals surface area contributed by atoms with E-state index in [1.807, 2.05) is 20.4 Å². The number of carbonyl (C=O) groups excluding carboxylic acids is 1. The molecule has 0 rings (SSSR count). The van der Waals surface area contributed by atoms with E-state index in [1.165, 1.54) is 0 Å². The predicted octanol–water partition coefficient (Wildman–Crippen LogP) is 1.69. The lowest BCUT2D eigenvalue weighted by molar-refractivity contribution is -0.141. The van der Waals surface area contributed by atoms with Crippen LogP contribution in [0.3, 0.4) is 0 Å². The summed E-state index contributed by atoms with van der Waals surface area (Å²) in [6.07, 6.45) is 0. The fraction of sp³-hybridized carbons (Fsp3) is 0.889. The Morgan fingerprint density at radius 3 is 1.93 bits per heavy atom. The first-order valence-electron chi connectivity index (χ1n) is 5.01. The maximum absolute atomic E-state index is 11.3. The molecule has 0 N–H and O–H groups in total. The Morgan fingerprint density at radius 1 is 1.07 bits per heavy atom. The number of carbonyl (C=O) groups is 1. The average molecular weight is 220 g/mol. The van der Waals surface area contributed by atoms with Crippen molar-refractivity contribution in [3.05, 3.63) is 0 Å². The molecule has 0 aliphatic heterocycles. The summed E-state index contributed by atoms with van der Waals surface area (Å²) < 4.78 is 15.9. The van der Waals surface area contributed by atoms with Crippen LogP contribution in [0.25, 0.3) is 0 Å². The minimum absolute atomic E-state index is 0.233. The van der Waals surface area contributed by atoms with Crippen LogP contribution in [0.4, 0.5) is 0 Å². The zero-order valence-electron chi connectivity index (χ0n) is 9.46. The predicted molar refractivity (Wildman–Crippen MR) is 56.3 cm³/mol. The van der Waals surface area contributed by atoms with Gasteiger partial charge >= 0.3 is 14.5 Å². The summed E-state index contributed by atoms with van der Waals surface area (Å²) in [5.74, 6) is -0.233. The Bertz CT molecular complexity index is 166. The molecule has 0 aliphatic rings. The molecule has 0 fully saturated rings. The van der Waals surface area contributed by atoms with E-state index < -0.39 is 8.56 Å². The monoisotopic (exact) mass is 220 g/mol. The molecule has 4 nitrogen and oxygen atoms in total. The Balaban J connectivity index is 4.12. The van der Waals surface area contributed by atoms with Gasteiger partial charge < -0.3 is 13.6 Å². The van der Waals surface area contributed by atoms with Crippen LogP contribution in [0.2, 0.25) is 12.6 Å². The van der Waals surface area contributed by atoms with Crippen LogP contribution in [-0.4, -0.2) is 34.4 Å². The van der Waals surface area contributed by atoms with E-state index in [0.29, 0.717) is 19.8 Å². The SMILES string of the molecule is CCOC(=O)C[Si](C)(OCC)OCC. The van der Waals surface area contributed by atoms with E-state index in [1.54, 1.807) is 6.92 Å². The van der Waals surface area contributed by atoms with Gasteiger partial charge in [-0.2, -0.15) is 0 Å². The molecule has 0 aromatic heterocycles. The second kappa shape index (κ2) is 6.97. The molecule has 0 bridgehead atoms. The molecule has 0 saturated carbocycles. The Labute approximate surface area is 86.8 Å². The molecule has 0 saturated heterocycles. The van der Waals surface area contributed by atoms with E-state index in [9.17, 15) is 4.79 Å². The highest BCUT2D eigenvalue weighted by molar-refractivity contribution is 6.69. The quantitative estimate of drug-likeness (QED) is 0.484. The highest BCUT2D eigenvalue weighted by atomic mass is 28.4. The first kappa shape index (κ1) is 13.6. The lowest BCUT2D eigenvalue weighted by Crippen LogP contribution is -2.41. The zero-order valence-corrected chi connectivity index (χ0v) is 10.5. The topological polar surface area (TPSA) is 44.8 Å². The van der Waals surface area contributed by atoms with Crippen molar-refractivity contribution in [1.29, 1.82) is 0 Å². The number of hydrogen-bond donors (Lipinski definition) is 0. The van der Waals surface area contributed by atoms with Crippen LogP contribution in [0, 0.1) is 0 Å². The van der Waals surface area contributed by atoms with Crippen LogP contribution in [0.1, 0.15) is 20.8 Å². The van der Waals surface area contributed by atoms with E-state index in [0.717, 1.165) is 0 Å². The molecule has 84 valence electrons.